The van der Waals surface area contributed by atoms with Crippen molar-refractivity contribution in [2.45, 2.75) is 65.8 Å². The highest BCUT2D eigenvalue weighted by molar-refractivity contribution is 6.16. The lowest BCUT2D eigenvalue weighted by Crippen LogP contribution is -2.31. The Balaban J connectivity index is 1.49. The average Bonchev–Trinajstić information content (AvgIpc) is 3.28. The number of nitrogens with one attached hydrogen (secondary N) is 1. The van der Waals surface area contributed by atoms with Crippen LogP contribution in [0.2, 0.25) is 0 Å². The van der Waals surface area contributed by atoms with Crippen LogP contribution in [0.5, 0.6) is 0 Å². The van der Waals surface area contributed by atoms with Crippen LogP contribution in [0.3, 0.4) is 0 Å². The number of hydrogen-bond acceptors (Lipinski definition) is 5. The predicted molar refractivity (Wildman–Crippen MR) is 147 cm³/mol. The molecule has 1 N–H and O–H groups in total. The van der Waals surface area contributed by atoms with Crippen molar-refractivity contribution in [2.24, 2.45) is 10.5 Å². The van der Waals surface area contributed by atoms with Crippen molar-refractivity contribution in [2.75, 3.05) is 0 Å². The molecule has 2 aliphatic rings. The summed E-state index contributed by atoms with van der Waals surface area (Å²) in [5.74, 6) is 1.19. The fourth-order valence-corrected chi connectivity index (χ4v) is 5.36. The summed E-state index contributed by atoms with van der Waals surface area (Å²) in [7, 11) is 0. The molecular formula is C30H32N6O2. The van der Waals surface area contributed by atoms with Crippen LogP contribution in [0.25, 0.3) is 16.9 Å². The van der Waals surface area contributed by atoms with Gasteiger partial charge in [-0.3, -0.25) is 14.2 Å². The summed E-state index contributed by atoms with van der Waals surface area (Å²) in [4.78, 5) is 30.7. The van der Waals surface area contributed by atoms with Crippen LogP contribution in [0.15, 0.2) is 58.4 Å². The number of carbonyl (C=O) groups is 1. The summed E-state index contributed by atoms with van der Waals surface area (Å²) in [6, 6.07) is 16.3. The lowest BCUT2D eigenvalue weighted by molar-refractivity contribution is -0.119. The Labute approximate surface area is 221 Å². The predicted octanol–water partition coefficient (Wildman–Crippen LogP) is 4.43. The van der Waals surface area contributed by atoms with Crippen molar-refractivity contribution in [3.8, 4) is 11.1 Å². The smallest absolute Gasteiger partial charge is 0.258 e. The molecular weight excluding hydrogens is 476 g/mol. The molecule has 0 unspecified atom stereocenters. The quantitative estimate of drug-likeness (QED) is 0.381. The van der Waals surface area contributed by atoms with Crippen LogP contribution in [0, 0.1) is 12.3 Å². The fraction of sp³-hybridized carbons (Fsp3) is 0.367. The molecule has 194 valence electrons. The monoisotopic (exact) mass is 508 g/mol. The third-order valence-electron chi connectivity index (χ3n) is 7.68. The number of aromatic nitrogens is 4. The third-order valence-corrected chi connectivity index (χ3v) is 7.68. The van der Waals surface area contributed by atoms with Crippen molar-refractivity contribution in [3.05, 3.63) is 87.1 Å². The molecule has 3 heterocycles. The van der Waals surface area contributed by atoms with E-state index in [0.717, 1.165) is 59.2 Å². The maximum Gasteiger partial charge on any atom is 0.258 e. The van der Waals surface area contributed by atoms with E-state index >= 15 is 0 Å². The van der Waals surface area contributed by atoms with Gasteiger partial charge in [0.25, 0.3) is 5.56 Å². The highest BCUT2D eigenvalue weighted by atomic mass is 16.2. The number of hydrazone groups is 1. The normalized spacial score (nSPS) is 16.1. The van der Waals surface area contributed by atoms with E-state index in [4.69, 9.17) is 5.10 Å². The van der Waals surface area contributed by atoms with Crippen LogP contribution >= 0.6 is 0 Å². The summed E-state index contributed by atoms with van der Waals surface area (Å²) in [5.41, 5.74) is 9.12. The molecule has 6 rings (SSSR count). The van der Waals surface area contributed by atoms with E-state index in [-0.39, 0.29) is 23.3 Å². The number of fused-ring (bicyclic) bond motifs is 1. The van der Waals surface area contributed by atoms with E-state index in [1.165, 1.54) is 0 Å². The van der Waals surface area contributed by atoms with Gasteiger partial charge in [-0.15, -0.1) is 0 Å². The number of carbonyl (C=O) groups excluding carboxylic acids is 1. The van der Waals surface area contributed by atoms with Crippen LogP contribution in [0.4, 0.5) is 0 Å². The Morgan fingerprint density at radius 3 is 2.53 bits per heavy atom. The summed E-state index contributed by atoms with van der Waals surface area (Å²) in [6.45, 7) is 6.87. The molecule has 1 fully saturated rings. The second kappa shape index (κ2) is 9.35. The Kier molecular flexibility index (Phi) is 5.97. The summed E-state index contributed by atoms with van der Waals surface area (Å²) < 4.78 is 3.73. The van der Waals surface area contributed by atoms with Crippen LogP contribution in [-0.2, 0) is 24.2 Å². The van der Waals surface area contributed by atoms with Gasteiger partial charge in [0.05, 0.1) is 17.8 Å². The standard InChI is InChI=1S/C30H32N6O2/c1-4-8-26-24(28(38)35(18-30(3)13-14-30)29-31-19(2)34-36(26)29)16-20-11-12-22(21-9-6-5-7-10-21)23(15-20)25-17-27(37)33-32-25/h5-7,9-12,15H,4,8,13-14,16-18H2,1-3H3,(H,33,37). The number of amides is 1. The van der Waals surface area contributed by atoms with E-state index in [9.17, 15) is 9.59 Å². The highest BCUT2D eigenvalue weighted by Crippen LogP contribution is 2.46. The van der Waals surface area contributed by atoms with Gasteiger partial charge < -0.3 is 0 Å². The van der Waals surface area contributed by atoms with E-state index < -0.39 is 0 Å². The van der Waals surface area contributed by atoms with Gasteiger partial charge in [0, 0.05) is 24.1 Å². The highest BCUT2D eigenvalue weighted by Gasteiger charge is 2.39. The van der Waals surface area contributed by atoms with E-state index in [1.54, 1.807) is 0 Å². The average molecular weight is 509 g/mol. The minimum atomic E-state index is -0.113. The molecule has 2 aromatic carbocycles. The molecule has 0 atom stereocenters. The largest absolute Gasteiger partial charge is 0.276 e. The number of nitrogens with zero attached hydrogens (tertiary/aromatic N) is 5. The van der Waals surface area contributed by atoms with Crippen molar-refractivity contribution in [3.63, 3.8) is 0 Å². The number of rotatable bonds is 8. The van der Waals surface area contributed by atoms with Crippen LogP contribution < -0.4 is 11.0 Å². The van der Waals surface area contributed by atoms with E-state index in [2.05, 4.69) is 59.7 Å². The van der Waals surface area contributed by atoms with Gasteiger partial charge in [0.2, 0.25) is 11.7 Å². The van der Waals surface area contributed by atoms with Gasteiger partial charge in [-0.2, -0.15) is 15.2 Å². The second-order valence-corrected chi connectivity index (χ2v) is 10.9. The Hall–Kier alpha value is -4.07. The SMILES string of the molecule is CCCc1c(Cc2ccc(-c3ccccc3)c(C3=NNC(=O)C3)c2)c(=O)n(CC2(C)CC2)c2nc(C)nn12. The molecule has 0 radical (unpaired) electrons. The van der Waals surface area contributed by atoms with Gasteiger partial charge in [0.15, 0.2) is 0 Å². The molecule has 38 heavy (non-hydrogen) atoms. The van der Waals surface area contributed by atoms with Crippen molar-refractivity contribution in [1.29, 1.82) is 0 Å². The molecule has 8 nitrogen and oxygen atoms in total. The lowest BCUT2D eigenvalue weighted by Gasteiger charge is -2.18. The zero-order valence-electron chi connectivity index (χ0n) is 22.1. The minimum Gasteiger partial charge on any atom is -0.276 e. The van der Waals surface area contributed by atoms with Crippen molar-refractivity contribution >= 4 is 17.4 Å². The zero-order chi connectivity index (χ0) is 26.4. The topological polar surface area (TPSA) is 93.6 Å². The molecule has 8 heteroatoms. The first-order valence-corrected chi connectivity index (χ1v) is 13.4. The van der Waals surface area contributed by atoms with Gasteiger partial charge >= 0.3 is 0 Å². The van der Waals surface area contributed by atoms with Crippen molar-refractivity contribution < 1.29 is 4.79 Å². The number of benzene rings is 2. The third kappa shape index (κ3) is 4.44. The first kappa shape index (κ1) is 24.3. The number of hydrogen-bond donors (Lipinski definition) is 1. The van der Waals surface area contributed by atoms with Crippen molar-refractivity contribution in [1.82, 2.24) is 24.6 Å². The van der Waals surface area contributed by atoms with Gasteiger partial charge in [-0.05, 0) is 54.4 Å². The van der Waals surface area contributed by atoms with Gasteiger partial charge in [-0.1, -0.05) is 62.7 Å². The number of aryl methyl sites for hydroxylation is 2. The van der Waals surface area contributed by atoms with E-state index in [1.807, 2.05) is 34.2 Å². The van der Waals surface area contributed by atoms with Gasteiger partial charge in [-0.25, -0.2) is 9.94 Å². The maximum absolute atomic E-state index is 14.1. The molecule has 0 bridgehead atoms. The molecule has 2 aromatic heterocycles. The fourth-order valence-electron chi connectivity index (χ4n) is 5.36. The van der Waals surface area contributed by atoms with Crippen LogP contribution in [-0.4, -0.2) is 30.8 Å². The second-order valence-electron chi connectivity index (χ2n) is 10.9. The summed E-state index contributed by atoms with van der Waals surface area (Å²) in [5, 5.41) is 9.03. The first-order valence-electron chi connectivity index (χ1n) is 13.4. The Morgan fingerprint density at radius 2 is 1.84 bits per heavy atom. The molecule has 0 spiro atoms. The maximum atomic E-state index is 14.1. The lowest BCUT2D eigenvalue weighted by atomic mass is 9.91. The molecule has 4 aromatic rings. The first-order chi connectivity index (χ1) is 18.3. The molecule has 1 saturated carbocycles. The zero-order valence-corrected chi connectivity index (χ0v) is 22.1. The molecule has 1 aliphatic heterocycles. The van der Waals surface area contributed by atoms with E-state index in [0.29, 0.717) is 30.3 Å². The minimum absolute atomic E-state index is 0.0187. The summed E-state index contributed by atoms with van der Waals surface area (Å²) in [6.07, 6.45) is 4.57. The van der Waals surface area contributed by atoms with Gasteiger partial charge in [0.1, 0.15) is 5.82 Å². The summed E-state index contributed by atoms with van der Waals surface area (Å²) >= 11 is 0. The Morgan fingerprint density at radius 1 is 1.05 bits per heavy atom. The van der Waals surface area contributed by atoms with Crippen LogP contribution in [0.1, 0.15) is 67.7 Å². The molecule has 1 aliphatic carbocycles. The molecule has 1 amide bonds. The molecule has 0 saturated heterocycles. The Bertz CT molecular complexity index is 1640.